The van der Waals surface area contributed by atoms with Crippen LogP contribution >= 0.6 is 23.4 Å². The van der Waals surface area contributed by atoms with Crippen LogP contribution in [-0.4, -0.2) is 24.5 Å². The van der Waals surface area contributed by atoms with Gasteiger partial charge in [-0.25, -0.2) is 4.79 Å². The molecular formula is C11H12ClNO2S. The van der Waals surface area contributed by atoms with Gasteiger partial charge in [0.25, 0.3) is 0 Å². The molecule has 2 rings (SSSR count). The molecule has 3 nitrogen and oxygen atoms in total. The zero-order valence-corrected chi connectivity index (χ0v) is 10.2. The number of amides is 1. The summed E-state index contributed by atoms with van der Waals surface area (Å²) < 4.78 is 5.03. The number of rotatable bonds is 4. The van der Waals surface area contributed by atoms with Gasteiger partial charge in [-0.05, 0) is 17.7 Å². The van der Waals surface area contributed by atoms with Gasteiger partial charge in [0.1, 0.15) is 6.10 Å². The molecule has 1 aliphatic rings. The zero-order chi connectivity index (χ0) is 11.4. The second kappa shape index (κ2) is 5.46. The van der Waals surface area contributed by atoms with Crippen molar-refractivity contribution < 1.29 is 9.53 Å². The van der Waals surface area contributed by atoms with Crippen LogP contribution in [0.15, 0.2) is 24.3 Å². The monoisotopic (exact) mass is 257 g/mol. The highest BCUT2D eigenvalue weighted by molar-refractivity contribution is 7.98. The van der Waals surface area contributed by atoms with Crippen molar-refractivity contribution in [2.24, 2.45) is 0 Å². The molecule has 1 heterocycles. The van der Waals surface area contributed by atoms with E-state index < -0.39 is 0 Å². The fourth-order valence-electron chi connectivity index (χ4n) is 1.41. The summed E-state index contributed by atoms with van der Waals surface area (Å²) in [6.45, 7) is 0.618. The number of alkyl carbamates (subject to hydrolysis) is 1. The Balaban J connectivity index is 1.72. The Kier molecular flexibility index (Phi) is 3.96. The van der Waals surface area contributed by atoms with Gasteiger partial charge in [0, 0.05) is 16.5 Å². The summed E-state index contributed by atoms with van der Waals surface area (Å²) in [5, 5.41) is 3.39. The van der Waals surface area contributed by atoms with Gasteiger partial charge in [0.05, 0.1) is 6.54 Å². The minimum absolute atomic E-state index is 0.00444. The van der Waals surface area contributed by atoms with E-state index in [1.165, 1.54) is 5.56 Å². The number of thioether (sulfide) groups is 1. The number of carbonyl (C=O) groups excluding carboxylic acids is 1. The van der Waals surface area contributed by atoms with E-state index >= 15 is 0 Å². The quantitative estimate of drug-likeness (QED) is 0.901. The predicted octanol–water partition coefficient (Wildman–Crippen LogP) is 2.68. The maximum atomic E-state index is 10.8. The van der Waals surface area contributed by atoms with E-state index in [9.17, 15) is 4.79 Å². The van der Waals surface area contributed by atoms with Crippen LogP contribution in [-0.2, 0) is 10.5 Å². The zero-order valence-electron chi connectivity index (χ0n) is 8.61. The molecule has 0 spiro atoms. The number of benzene rings is 1. The van der Waals surface area contributed by atoms with Gasteiger partial charge in [-0.2, -0.15) is 11.8 Å². The van der Waals surface area contributed by atoms with E-state index in [2.05, 4.69) is 5.32 Å². The molecule has 1 aromatic rings. The number of halogens is 1. The Morgan fingerprint density at radius 2 is 2.19 bits per heavy atom. The Labute approximate surface area is 104 Å². The van der Waals surface area contributed by atoms with E-state index in [0.29, 0.717) is 6.54 Å². The molecule has 0 radical (unpaired) electrons. The highest BCUT2D eigenvalue weighted by atomic mass is 35.5. The summed E-state index contributed by atoms with van der Waals surface area (Å²) in [7, 11) is 0. The standard InChI is InChI=1S/C11H12ClNO2S/c12-9-3-1-8(2-4-9)6-16-7-10-5-13-11(14)15-10/h1-4,10H,5-7H2,(H,13,14). The molecule has 1 atom stereocenters. The number of cyclic esters (lactones) is 1. The van der Waals surface area contributed by atoms with Crippen LogP contribution in [0.3, 0.4) is 0 Å². The van der Waals surface area contributed by atoms with E-state index in [1.54, 1.807) is 11.8 Å². The van der Waals surface area contributed by atoms with Crippen LogP contribution in [0.5, 0.6) is 0 Å². The third-order valence-electron chi connectivity index (χ3n) is 2.23. The van der Waals surface area contributed by atoms with Gasteiger partial charge >= 0.3 is 6.09 Å². The topological polar surface area (TPSA) is 38.3 Å². The average molecular weight is 258 g/mol. The molecule has 1 amide bonds. The van der Waals surface area contributed by atoms with Crippen LogP contribution in [0.25, 0.3) is 0 Å². The Hall–Kier alpha value is -0.870. The molecule has 1 saturated heterocycles. The van der Waals surface area contributed by atoms with Crippen molar-refractivity contribution in [2.75, 3.05) is 12.3 Å². The molecule has 1 fully saturated rings. The van der Waals surface area contributed by atoms with Crippen molar-refractivity contribution in [2.45, 2.75) is 11.9 Å². The first-order valence-electron chi connectivity index (χ1n) is 5.01. The van der Waals surface area contributed by atoms with Gasteiger partial charge in [0.2, 0.25) is 0 Å². The Bertz CT molecular complexity index is 369. The first kappa shape index (κ1) is 11.6. The minimum atomic E-state index is -0.308. The molecule has 86 valence electrons. The van der Waals surface area contributed by atoms with Gasteiger partial charge in [-0.1, -0.05) is 23.7 Å². The fourth-order valence-corrected chi connectivity index (χ4v) is 2.53. The van der Waals surface area contributed by atoms with Crippen LogP contribution in [0.4, 0.5) is 4.79 Å². The first-order chi connectivity index (χ1) is 7.74. The van der Waals surface area contributed by atoms with Crippen molar-refractivity contribution in [3.8, 4) is 0 Å². The maximum Gasteiger partial charge on any atom is 0.407 e. The fraction of sp³-hybridized carbons (Fsp3) is 0.364. The molecule has 1 unspecified atom stereocenters. The molecular weight excluding hydrogens is 246 g/mol. The van der Waals surface area contributed by atoms with E-state index in [4.69, 9.17) is 16.3 Å². The summed E-state index contributed by atoms with van der Waals surface area (Å²) in [4.78, 5) is 10.8. The van der Waals surface area contributed by atoms with Gasteiger partial charge in [-0.3, -0.25) is 0 Å². The largest absolute Gasteiger partial charge is 0.443 e. The predicted molar refractivity (Wildman–Crippen MR) is 65.9 cm³/mol. The second-order valence-corrected chi connectivity index (χ2v) is 5.02. The molecule has 16 heavy (non-hydrogen) atoms. The van der Waals surface area contributed by atoms with Crippen molar-refractivity contribution in [3.63, 3.8) is 0 Å². The highest BCUT2D eigenvalue weighted by Crippen LogP contribution is 2.17. The van der Waals surface area contributed by atoms with Gasteiger partial charge in [-0.15, -0.1) is 0 Å². The van der Waals surface area contributed by atoms with Crippen molar-refractivity contribution >= 4 is 29.5 Å². The minimum Gasteiger partial charge on any atom is -0.443 e. The molecule has 1 aromatic carbocycles. The van der Waals surface area contributed by atoms with Crippen LogP contribution in [0.2, 0.25) is 5.02 Å². The third kappa shape index (κ3) is 3.32. The summed E-state index contributed by atoms with van der Waals surface area (Å²) in [6, 6.07) is 7.78. The summed E-state index contributed by atoms with van der Waals surface area (Å²) in [5.41, 5.74) is 1.23. The van der Waals surface area contributed by atoms with E-state index in [0.717, 1.165) is 16.5 Å². The molecule has 1 aliphatic heterocycles. The normalized spacial score (nSPS) is 19.3. The number of hydrogen-bond acceptors (Lipinski definition) is 3. The SMILES string of the molecule is O=C1NCC(CSCc2ccc(Cl)cc2)O1. The summed E-state index contributed by atoms with van der Waals surface area (Å²) in [5.74, 6) is 1.73. The summed E-state index contributed by atoms with van der Waals surface area (Å²) in [6.07, 6.45) is -0.304. The summed E-state index contributed by atoms with van der Waals surface area (Å²) >= 11 is 7.54. The Morgan fingerprint density at radius 3 is 2.81 bits per heavy atom. The number of nitrogens with one attached hydrogen (secondary N) is 1. The number of ether oxygens (including phenoxy) is 1. The lowest BCUT2D eigenvalue weighted by atomic mass is 10.2. The van der Waals surface area contributed by atoms with Crippen molar-refractivity contribution in [1.29, 1.82) is 0 Å². The molecule has 0 bridgehead atoms. The molecule has 1 N–H and O–H groups in total. The number of hydrogen-bond donors (Lipinski definition) is 1. The van der Waals surface area contributed by atoms with Crippen LogP contribution < -0.4 is 5.32 Å². The molecule has 0 aromatic heterocycles. The van der Waals surface area contributed by atoms with Gasteiger partial charge < -0.3 is 10.1 Å². The van der Waals surface area contributed by atoms with Gasteiger partial charge in [0.15, 0.2) is 0 Å². The van der Waals surface area contributed by atoms with Crippen LogP contribution in [0.1, 0.15) is 5.56 Å². The lowest BCUT2D eigenvalue weighted by molar-refractivity contribution is 0.150. The first-order valence-corrected chi connectivity index (χ1v) is 6.54. The van der Waals surface area contributed by atoms with Crippen molar-refractivity contribution in [3.05, 3.63) is 34.9 Å². The van der Waals surface area contributed by atoms with Crippen LogP contribution in [0, 0.1) is 0 Å². The smallest absolute Gasteiger partial charge is 0.407 e. The Morgan fingerprint density at radius 1 is 1.44 bits per heavy atom. The molecule has 5 heteroatoms. The molecule has 0 saturated carbocycles. The number of carbonyl (C=O) groups is 1. The van der Waals surface area contributed by atoms with E-state index in [1.807, 2.05) is 24.3 Å². The lowest BCUT2D eigenvalue weighted by Crippen LogP contribution is -2.16. The highest BCUT2D eigenvalue weighted by Gasteiger charge is 2.21. The second-order valence-electron chi connectivity index (χ2n) is 3.55. The maximum absolute atomic E-state index is 10.8. The lowest BCUT2D eigenvalue weighted by Gasteiger charge is -2.07. The molecule has 0 aliphatic carbocycles. The third-order valence-corrected chi connectivity index (χ3v) is 3.63. The van der Waals surface area contributed by atoms with Crippen molar-refractivity contribution in [1.82, 2.24) is 5.32 Å². The average Bonchev–Trinajstić information content (AvgIpc) is 2.67. The van der Waals surface area contributed by atoms with E-state index in [-0.39, 0.29) is 12.2 Å².